The number of carboxylic acid groups (broad SMARTS) is 1. The van der Waals surface area contributed by atoms with Gasteiger partial charge >= 0.3 is 5.97 Å². The van der Waals surface area contributed by atoms with Gasteiger partial charge in [-0.2, -0.15) is 0 Å². The van der Waals surface area contributed by atoms with Crippen LogP contribution in [0, 0.1) is 5.82 Å². The number of methoxy groups -OCH3 is 1. The SMILES string of the molecule is COc1ccc(-c2c(C(=O)O)sc3c2NC(=O)C[C@@H]3c2ccccc2F)cc1. The van der Waals surface area contributed by atoms with Crippen molar-refractivity contribution in [2.75, 3.05) is 12.4 Å². The first-order valence-electron chi connectivity index (χ1n) is 8.58. The van der Waals surface area contributed by atoms with Crippen LogP contribution in [0.25, 0.3) is 11.1 Å². The molecule has 0 fully saturated rings. The molecule has 0 saturated carbocycles. The van der Waals surface area contributed by atoms with E-state index in [0.717, 1.165) is 11.3 Å². The molecule has 5 nitrogen and oxygen atoms in total. The second-order valence-corrected chi connectivity index (χ2v) is 7.46. The lowest BCUT2D eigenvalue weighted by atomic mass is 9.88. The number of carbonyl (C=O) groups excluding carboxylic acids is 1. The number of hydrogen-bond donors (Lipinski definition) is 2. The van der Waals surface area contributed by atoms with Crippen LogP contribution in [0.3, 0.4) is 0 Å². The van der Waals surface area contributed by atoms with Gasteiger partial charge in [-0.25, -0.2) is 9.18 Å². The predicted octanol–water partition coefficient (Wildman–Crippen LogP) is 4.74. The van der Waals surface area contributed by atoms with E-state index in [1.54, 1.807) is 49.6 Å². The van der Waals surface area contributed by atoms with Crippen molar-refractivity contribution in [2.24, 2.45) is 0 Å². The van der Waals surface area contributed by atoms with Crippen molar-refractivity contribution in [3.8, 4) is 16.9 Å². The highest BCUT2D eigenvalue weighted by Crippen LogP contribution is 2.49. The Balaban J connectivity index is 1.93. The molecule has 1 aliphatic rings. The molecule has 7 heteroatoms. The molecule has 1 aromatic heterocycles. The van der Waals surface area contributed by atoms with E-state index in [1.165, 1.54) is 6.07 Å². The highest BCUT2D eigenvalue weighted by Gasteiger charge is 2.35. The molecule has 2 N–H and O–H groups in total. The van der Waals surface area contributed by atoms with Crippen LogP contribution in [-0.4, -0.2) is 24.1 Å². The minimum Gasteiger partial charge on any atom is -0.497 e. The topological polar surface area (TPSA) is 75.6 Å². The molecule has 0 saturated heterocycles. The average molecular weight is 397 g/mol. The second kappa shape index (κ2) is 7.09. The van der Waals surface area contributed by atoms with Gasteiger partial charge in [0, 0.05) is 22.8 Å². The Labute approximate surface area is 164 Å². The summed E-state index contributed by atoms with van der Waals surface area (Å²) in [6.07, 6.45) is 0.0650. The van der Waals surface area contributed by atoms with E-state index in [1.807, 2.05) is 0 Å². The van der Waals surface area contributed by atoms with Crippen molar-refractivity contribution in [1.82, 2.24) is 0 Å². The van der Waals surface area contributed by atoms with E-state index in [2.05, 4.69) is 5.32 Å². The molecule has 142 valence electrons. The van der Waals surface area contributed by atoms with Crippen LogP contribution in [-0.2, 0) is 4.79 Å². The van der Waals surface area contributed by atoms with Gasteiger partial charge in [-0.1, -0.05) is 30.3 Å². The lowest BCUT2D eigenvalue weighted by Gasteiger charge is -2.24. The highest BCUT2D eigenvalue weighted by atomic mass is 32.1. The summed E-state index contributed by atoms with van der Waals surface area (Å²) in [6.45, 7) is 0. The zero-order valence-electron chi connectivity index (χ0n) is 14.9. The maximum atomic E-state index is 14.4. The Morgan fingerprint density at radius 1 is 1.21 bits per heavy atom. The van der Waals surface area contributed by atoms with Crippen LogP contribution < -0.4 is 10.1 Å². The van der Waals surface area contributed by atoms with Crippen LogP contribution in [0.1, 0.15) is 32.5 Å². The quantitative estimate of drug-likeness (QED) is 0.667. The lowest BCUT2D eigenvalue weighted by Crippen LogP contribution is -2.23. The summed E-state index contributed by atoms with van der Waals surface area (Å²) in [4.78, 5) is 25.1. The molecule has 0 aliphatic carbocycles. The largest absolute Gasteiger partial charge is 0.497 e. The van der Waals surface area contributed by atoms with Crippen molar-refractivity contribution in [3.05, 3.63) is 69.7 Å². The van der Waals surface area contributed by atoms with Gasteiger partial charge in [0.1, 0.15) is 16.4 Å². The van der Waals surface area contributed by atoms with E-state index in [9.17, 15) is 19.1 Å². The van der Waals surface area contributed by atoms with Gasteiger partial charge < -0.3 is 15.2 Å². The number of aromatic carboxylic acids is 1. The number of fused-ring (bicyclic) bond motifs is 1. The fourth-order valence-corrected chi connectivity index (χ4v) is 4.72. The summed E-state index contributed by atoms with van der Waals surface area (Å²) in [5.41, 5.74) is 1.91. The van der Waals surface area contributed by atoms with Crippen LogP contribution in [0.15, 0.2) is 48.5 Å². The van der Waals surface area contributed by atoms with E-state index in [-0.39, 0.29) is 17.2 Å². The fraction of sp³-hybridized carbons (Fsp3) is 0.143. The van der Waals surface area contributed by atoms with Gasteiger partial charge in [0.15, 0.2) is 0 Å². The van der Waals surface area contributed by atoms with Gasteiger partial charge in [0.2, 0.25) is 5.91 Å². The van der Waals surface area contributed by atoms with Crippen LogP contribution in [0.5, 0.6) is 5.75 Å². The highest BCUT2D eigenvalue weighted by molar-refractivity contribution is 7.15. The number of rotatable bonds is 4. The molecule has 2 heterocycles. The molecule has 0 spiro atoms. The third-order valence-corrected chi connectivity index (χ3v) is 6.05. The monoisotopic (exact) mass is 397 g/mol. The van der Waals surface area contributed by atoms with E-state index in [4.69, 9.17) is 4.74 Å². The van der Waals surface area contributed by atoms with Crippen LogP contribution >= 0.6 is 11.3 Å². The Bertz CT molecular complexity index is 1070. The zero-order chi connectivity index (χ0) is 19.8. The Kier molecular flexibility index (Phi) is 4.60. The molecule has 0 unspecified atom stereocenters. The summed E-state index contributed by atoms with van der Waals surface area (Å²) in [5.74, 6) is -1.67. The summed E-state index contributed by atoms with van der Waals surface area (Å²) in [6, 6.07) is 13.2. The normalized spacial score (nSPS) is 15.6. The molecule has 2 aromatic carbocycles. The zero-order valence-corrected chi connectivity index (χ0v) is 15.7. The van der Waals surface area contributed by atoms with Crippen molar-refractivity contribution < 1.29 is 23.8 Å². The number of carbonyl (C=O) groups is 2. The molecule has 1 amide bonds. The minimum absolute atomic E-state index is 0.0650. The molecule has 28 heavy (non-hydrogen) atoms. The molecule has 3 aromatic rings. The molecular formula is C21H16FNO4S. The number of thiophene rings is 1. The Morgan fingerprint density at radius 3 is 2.57 bits per heavy atom. The maximum absolute atomic E-state index is 14.4. The molecule has 0 bridgehead atoms. The fourth-order valence-electron chi connectivity index (χ4n) is 3.48. The number of amides is 1. The van der Waals surface area contributed by atoms with E-state index in [0.29, 0.717) is 33.0 Å². The summed E-state index contributed by atoms with van der Waals surface area (Å²) < 4.78 is 19.6. The number of halogens is 1. The van der Waals surface area contributed by atoms with Gasteiger partial charge in [0.25, 0.3) is 0 Å². The number of hydrogen-bond acceptors (Lipinski definition) is 4. The predicted molar refractivity (Wildman–Crippen MR) is 105 cm³/mol. The molecule has 1 aliphatic heterocycles. The first-order valence-corrected chi connectivity index (χ1v) is 9.40. The number of anilines is 1. The van der Waals surface area contributed by atoms with Gasteiger partial charge in [-0.3, -0.25) is 4.79 Å². The van der Waals surface area contributed by atoms with Gasteiger partial charge in [-0.15, -0.1) is 11.3 Å². The molecule has 4 rings (SSSR count). The van der Waals surface area contributed by atoms with Crippen molar-refractivity contribution in [1.29, 1.82) is 0 Å². The number of nitrogens with one attached hydrogen (secondary N) is 1. The van der Waals surface area contributed by atoms with Crippen molar-refractivity contribution >= 4 is 28.9 Å². The Morgan fingerprint density at radius 2 is 1.93 bits per heavy atom. The third kappa shape index (κ3) is 3.03. The average Bonchev–Trinajstić information content (AvgIpc) is 3.07. The number of carboxylic acids is 1. The minimum atomic E-state index is -1.09. The van der Waals surface area contributed by atoms with Crippen LogP contribution in [0.2, 0.25) is 0 Å². The summed E-state index contributed by atoms with van der Waals surface area (Å²) in [7, 11) is 1.55. The third-order valence-electron chi connectivity index (χ3n) is 4.76. The van der Waals surface area contributed by atoms with E-state index < -0.39 is 17.7 Å². The van der Waals surface area contributed by atoms with Crippen LogP contribution in [0.4, 0.5) is 10.1 Å². The lowest BCUT2D eigenvalue weighted by molar-refractivity contribution is -0.116. The Hall–Kier alpha value is -3.19. The number of benzene rings is 2. The summed E-state index contributed by atoms with van der Waals surface area (Å²) in [5, 5.41) is 12.6. The molecular weight excluding hydrogens is 381 g/mol. The smallest absolute Gasteiger partial charge is 0.346 e. The summed E-state index contributed by atoms with van der Waals surface area (Å²) >= 11 is 1.08. The number of ether oxygens (including phenoxy) is 1. The van der Waals surface area contributed by atoms with Gasteiger partial charge in [-0.05, 0) is 29.3 Å². The standard InChI is InChI=1S/C21H16FNO4S/c1-27-12-8-6-11(7-9-12)17-18-19(28-20(17)21(25)26)14(10-16(24)23-18)13-4-2-3-5-15(13)22/h2-9,14H,10H2,1H3,(H,23,24)(H,25,26)/t14-/m1/s1. The molecule has 1 atom stereocenters. The van der Waals surface area contributed by atoms with Crippen molar-refractivity contribution in [2.45, 2.75) is 12.3 Å². The van der Waals surface area contributed by atoms with E-state index >= 15 is 0 Å². The maximum Gasteiger partial charge on any atom is 0.346 e. The first kappa shape index (κ1) is 18.2. The van der Waals surface area contributed by atoms with Gasteiger partial charge in [0.05, 0.1) is 12.8 Å². The second-order valence-electron chi connectivity index (χ2n) is 6.41. The van der Waals surface area contributed by atoms with Crippen molar-refractivity contribution in [3.63, 3.8) is 0 Å². The first-order chi connectivity index (χ1) is 13.5. The molecule has 0 radical (unpaired) electrons.